The monoisotopic (exact) mass is 537 g/mol. The highest BCUT2D eigenvalue weighted by molar-refractivity contribution is 8.00. The molecule has 2 aromatic rings. The second-order valence-electron chi connectivity index (χ2n) is 10.5. The lowest BCUT2D eigenvalue weighted by Gasteiger charge is -2.47. The Morgan fingerprint density at radius 1 is 1.17 bits per heavy atom. The molecule has 190 valence electrons. The van der Waals surface area contributed by atoms with Gasteiger partial charge in [-0.1, -0.05) is 31.3 Å². The van der Waals surface area contributed by atoms with Gasteiger partial charge in [0.2, 0.25) is 17.7 Å². The molecule has 2 aliphatic carbocycles. The molecule has 2 N–H and O–H groups in total. The number of hydrogen-bond acceptors (Lipinski definition) is 6. The Labute approximate surface area is 211 Å². The quantitative estimate of drug-likeness (QED) is 0.582. The van der Waals surface area contributed by atoms with Crippen molar-refractivity contribution in [1.82, 2.24) is 9.88 Å². The van der Waals surface area contributed by atoms with Crippen LogP contribution in [-0.2, 0) is 26.0 Å². The molecule has 1 aromatic heterocycles. The summed E-state index contributed by atoms with van der Waals surface area (Å²) < 4.78 is 39.0. The van der Waals surface area contributed by atoms with Crippen molar-refractivity contribution in [3.63, 3.8) is 0 Å². The Balaban J connectivity index is 1.22. The Morgan fingerprint density at radius 3 is 2.56 bits per heavy atom. The van der Waals surface area contributed by atoms with E-state index in [0.717, 1.165) is 33.4 Å². The second kappa shape index (κ2) is 7.70. The topological polar surface area (TPSA) is 99.3 Å². The van der Waals surface area contributed by atoms with Gasteiger partial charge in [-0.25, -0.2) is 0 Å². The highest BCUT2D eigenvalue weighted by Gasteiger charge is 2.70. The maximum absolute atomic E-state index is 13.4. The van der Waals surface area contributed by atoms with Crippen LogP contribution in [0.3, 0.4) is 0 Å². The van der Waals surface area contributed by atoms with Crippen molar-refractivity contribution in [3.05, 3.63) is 44.4 Å². The molecule has 7 nitrogen and oxygen atoms in total. The van der Waals surface area contributed by atoms with E-state index in [9.17, 15) is 32.3 Å². The maximum atomic E-state index is 13.4. The summed E-state index contributed by atoms with van der Waals surface area (Å²) in [6.07, 6.45) is -3.81. The largest absolute Gasteiger partial charge is 0.416 e. The van der Waals surface area contributed by atoms with Gasteiger partial charge in [0.25, 0.3) is 0 Å². The fraction of sp³-hybridized carbons (Fsp3) is 0.500. The number of thiazole rings is 1. The van der Waals surface area contributed by atoms with Gasteiger partial charge in [0, 0.05) is 21.2 Å². The van der Waals surface area contributed by atoms with Gasteiger partial charge in [0.1, 0.15) is 6.54 Å². The number of thioether (sulfide) groups is 1. The molecule has 1 aromatic carbocycles. The number of alkyl halides is 3. The molecule has 0 spiro atoms. The van der Waals surface area contributed by atoms with E-state index in [1.54, 1.807) is 11.8 Å². The lowest BCUT2D eigenvalue weighted by molar-refractivity contribution is -0.143. The molecule has 3 fully saturated rings. The minimum atomic E-state index is -4.56. The fourth-order valence-electron chi connectivity index (χ4n) is 6.99. The van der Waals surface area contributed by atoms with Crippen LogP contribution in [0.5, 0.6) is 0 Å². The average molecular weight is 538 g/mol. The highest BCUT2D eigenvalue weighted by Crippen LogP contribution is 2.68. The molecule has 3 heterocycles. The summed E-state index contributed by atoms with van der Waals surface area (Å²) >= 11 is 2.78. The van der Waals surface area contributed by atoms with Gasteiger partial charge in [-0.15, -0.1) is 11.8 Å². The van der Waals surface area contributed by atoms with Gasteiger partial charge < -0.3 is 10.3 Å². The number of hydrogen-bond donors (Lipinski definition) is 2. The lowest BCUT2D eigenvalue weighted by Crippen LogP contribution is -2.48. The Bertz CT molecular complexity index is 1370. The number of anilines is 1. The number of H-pyrrole nitrogens is 1. The molecule has 36 heavy (non-hydrogen) atoms. The van der Waals surface area contributed by atoms with E-state index in [2.05, 4.69) is 24.1 Å². The van der Waals surface area contributed by atoms with Crippen LogP contribution in [0.4, 0.5) is 18.9 Å². The fourth-order valence-corrected chi connectivity index (χ4v) is 10.1. The first-order valence-electron chi connectivity index (χ1n) is 11.6. The van der Waals surface area contributed by atoms with Crippen LogP contribution in [0.1, 0.15) is 30.7 Å². The third-order valence-corrected chi connectivity index (χ3v) is 11.1. The molecule has 0 unspecified atom stereocenters. The summed E-state index contributed by atoms with van der Waals surface area (Å²) in [4.78, 5) is 56.2. The highest BCUT2D eigenvalue weighted by atomic mass is 32.2. The number of aromatic nitrogens is 1. The summed E-state index contributed by atoms with van der Waals surface area (Å²) in [5, 5.41) is 3.31. The Morgan fingerprint density at radius 2 is 1.86 bits per heavy atom. The number of nitrogens with zero attached hydrogens (tertiary/aromatic N) is 1. The summed E-state index contributed by atoms with van der Waals surface area (Å²) in [6, 6.07) is 4.21. The van der Waals surface area contributed by atoms with E-state index in [1.165, 1.54) is 23.5 Å². The first-order chi connectivity index (χ1) is 16.9. The molecule has 1 saturated heterocycles. The van der Waals surface area contributed by atoms with Gasteiger partial charge in [-0.3, -0.25) is 24.1 Å². The number of imide groups is 1. The minimum absolute atomic E-state index is 0.0363. The number of aromatic amines is 1. The van der Waals surface area contributed by atoms with Crippen molar-refractivity contribution in [3.8, 4) is 0 Å². The molecule has 12 heteroatoms. The standard InChI is InChI=1S/C24H22F3N3O4S2/c1-23(2)16-11-7-12(17(16)35-19-18(23)36-22(34)29-19)15-14(11)20(32)30(21(15)33)8-13(31)28-10-5-3-4-9(6-10)24(25,26)27/h3-6,11-12,14-17H,7-8H2,1-2H3,(H,28,31)(H,29,34)/t11-,12-,14-,15-,16-,17-/m1/s1. The van der Waals surface area contributed by atoms with E-state index >= 15 is 0 Å². The molecule has 2 aliphatic heterocycles. The third kappa shape index (κ3) is 3.33. The van der Waals surface area contributed by atoms with Gasteiger partial charge in [-0.2, -0.15) is 13.2 Å². The zero-order valence-corrected chi connectivity index (χ0v) is 20.9. The number of amides is 3. The number of halogens is 3. The van der Waals surface area contributed by atoms with Crippen LogP contribution in [-0.4, -0.2) is 39.4 Å². The number of nitrogens with one attached hydrogen (secondary N) is 2. The molecular weight excluding hydrogens is 515 g/mol. The molecule has 2 bridgehead atoms. The number of fused-ring (bicyclic) bond motifs is 9. The van der Waals surface area contributed by atoms with E-state index in [1.807, 2.05) is 0 Å². The predicted molar refractivity (Wildman–Crippen MR) is 126 cm³/mol. The van der Waals surface area contributed by atoms with E-state index in [4.69, 9.17) is 0 Å². The number of carbonyl (C=O) groups is 3. The van der Waals surface area contributed by atoms with Crippen LogP contribution >= 0.6 is 23.1 Å². The lowest BCUT2D eigenvalue weighted by atomic mass is 9.64. The van der Waals surface area contributed by atoms with E-state index in [0.29, 0.717) is 0 Å². The second-order valence-corrected chi connectivity index (χ2v) is 12.7. The zero-order valence-electron chi connectivity index (χ0n) is 19.2. The van der Waals surface area contributed by atoms with E-state index in [-0.39, 0.29) is 44.9 Å². The van der Waals surface area contributed by atoms with E-state index < -0.39 is 41.9 Å². The van der Waals surface area contributed by atoms with Gasteiger partial charge in [0.05, 0.1) is 22.4 Å². The predicted octanol–water partition coefficient (Wildman–Crippen LogP) is 3.71. The normalized spacial score (nSPS) is 31.9. The van der Waals surface area contributed by atoms with Gasteiger partial charge in [0.15, 0.2) is 0 Å². The van der Waals surface area contributed by atoms with Crippen LogP contribution in [0.2, 0.25) is 0 Å². The molecular formula is C24H22F3N3O4S2. The smallest absolute Gasteiger partial charge is 0.325 e. The zero-order chi connectivity index (χ0) is 25.7. The molecule has 4 aliphatic rings. The first kappa shape index (κ1) is 23.8. The number of carbonyl (C=O) groups excluding carboxylic acids is 3. The van der Waals surface area contributed by atoms with Crippen molar-refractivity contribution in [1.29, 1.82) is 0 Å². The summed E-state index contributed by atoms with van der Waals surface area (Å²) in [7, 11) is 0. The van der Waals surface area contributed by atoms with Crippen LogP contribution in [0, 0.1) is 29.6 Å². The van der Waals surface area contributed by atoms with Crippen molar-refractivity contribution in [2.24, 2.45) is 29.6 Å². The van der Waals surface area contributed by atoms with Crippen molar-refractivity contribution >= 4 is 46.5 Å². The number of rotatable bonds is 3. The Hall–Kier alpha value is -2.60. The molecule has 0 radical (unpaired) electrons. The van der Waals surface area contributed by atoms with Gasteiger partial charge >= 0.3 is 11.0 Å². The molecule has 6 rings (SSSR count). The number of benzene rings is 1. The first-order valence-corrected chi connectivity index (χ1v) is 13.3. The SMILES string of the molecule is CC1(C)c2sc(=O)[nH]c2S[C@@H]2[C@@H]3C[C@H]([C@H]4C(=O)N(CC(=O)Nc5cccc(C(F)(F)F)c5)C(=O)[C@H]34)[C@H]21. The van der Waals surface area contributed by atoms with Crippen LogP contribution < -0.4 is 10.2 Å². The molecule has 6 atom stereocenters. The van der Waals surface area contributed by atoms with Crippen LogP contribution in [0.25, 0.3) is 0 Å². The van der Waals surface area contributed by atoms with Crippen LogP contribution in [0.15, 0.2) is 34.1 Å². The molecule has 3 amide bonds. The van der Waals surface area contributed by atoms with Crippen molar-refractivity contribution < 1.29 is 27.6 Å². The summed E-state index contributed by atoms with van der Waals surface area (Å²) in [5.74, 6) is -2.49. The third-order valence-electron chi connectivity index (χ3n) is 8.26. The van der Waals surface area contributed by atoms with Gasteiger partial charge in [-0.05, 0) is 42.4 Å². The Kier molecular flexibility index (Phi) is 5.09. The van der Waals surface area contributed by atoms with Crippen molar-refractivity contribution in [2.75, 3.05) is 11.9 Å². The maximum Gasteiger partial charge on any atom is 0.416 e. The minimum Gasteiger partial charge on any atom is -0.325 e. The van der Waals surface area contributed by atoms with Crippen molar-refractivity contribution in [2.45, 2.75) is 42.1 Å². The summed E-state index contributed by atoms with van der Waals surface area (Å²) in [6.45, 7) is 3.64. The number of likely N-dealkylation sites (tertiary alicyclic amines) is 1. The summed E-state index contributed by atoms with van der Waals surface area (Å²) in [5.41, 5.74) is -1.30. The molecule has 2 saturated carbocycles. The average Bonchev–Trinajstić information content (AvgIpc) is 3.51.